The van der Waals surface area contributed by atoms with Gasteiger partial charge in [-0.25, -0.2) is 0 Å². The van der Waals surface area contributed by atoms with Gasteiger partial charge >= 0.3 is 0 Å². The second kappa shape index (κ2) is 6.92. The molecule has 1 aromatic rings. The van der Waals surface area contributed by atoms with Crippen molar-refractivity contribution in [2.24, 2.45) is 0 Å². The summed E-state index contributed by atoms with van der Waals surface area (Å²) in [5, 5.41) is 0. The van der Waals surface area contributed by atoms with Gasteiger partial charge in [0.1, 0.15) is 12.4 Å². The van der Waals surface area contributed by atoms with Gasteiger partial charge in [0.15, 0.2) is 0 Å². The maximum Gasteiger partial charge on any atom is 0.125 e. The Morgan fingerprint density at radius 1 is 1.00 bits per heavy atom. The van der Waals surface area contributed by atoms with Gasteiger partial charge in [-0.2, -0.15) is 0 Å². The molecule has 0 amide bonds. The van der Waals surface area contributed by atoms with Gasteiger partial charge < -0.3 is 9.64 Å². The highest BCUT2D eigenvalue weighted by atomic mass is 16.5. The normalized spacial score (nSPS) is 17.6. The zero-order chi connectivity index (χ0) is 13.7. The molecule has 0 radical (unpaired) electrons. The van der Waals surface area contributed by atoms with Gasteiger partial charge in [-0.3, -0.25) is 4.90 Å². The van der Waals surface area contributed by atoms with Crippen molar-refractivity contribution in [2.45, 2.75) is 20.8 Å². The molecule has 106 valence electrons. The van der Waals surface area contributed by atoms with Crippen molar-refractivity contribution >= 4 is 0 Å². The lowest BCUT2D eigenvalue weighted by Gasteiger charge is -2.33. The molecule has 0 N–H and O–H groups in total. The number of benzene rings is 1. The Hall–Kier alpha value is -1.06. The highest BCUT2D eigenvalue weighted by molar-refractivity contribution is 5.39. The molecule has 1 fully saturated rings. The van der Waals surface area contributed by atoms with Gasteiger partial charge in [-0.05, 0) is 31.5 Å². The molecular formula is C16H26N2O. The number of para-hydroxylation sites is 1. The number of ether oxygens (including phenoxy) is 1. The third-order valence-electron chi connectivity index (χ3n) is 3.97. The number of hydrogen-bond donors (Lipinski definition) is 0. The first kappa shape index (κ1) is 14.4. The summed E-state index contributed by atoms with van der Waals surface area (Å²) in [5.41, 5.74) is 2.46. The molecule has 0 aliphatic carbocycles. The van der Waals surface area contributed by atoms with Crippen LogP contribution in [0.3, 0.4) is 0 Å². The van der Waals surface area contributed by atoms with Crippen LogP contribution in [0, 0.1) is 13.8 Å². The minimum atomic E-state index is 0.790. The maximum absolute atomic E-state index is 5.97. The van der Waals surface area contributed by atoms with Crippen molar-refractivity contribution < 1.29 is 4.74 Å². The van der Waals surface area contributed by atoms with Crippen molar-refractivity contribution in [3.63, 3.8) is 0 Å². The molecular weight excluding hydrogens is 236 g/mol. The molecule has 0 unspecified atom stereocenters. The molecule has 1 aromatic carbocycles. The van der Waals surface area contributed by atoms with E-state index >= 15 is 0 Å². The summed E-state index contributed by atoms with van der Waals surface area (Å²) in [6.07, 6.45) is 0. The largest absolute Gasteiger partial charge is 0.492 e. The molecule has 2 rings (SSSR count). The van der Waals surface area contributed by atoms with Crippen LogP contribution in [0.15, 0.2) is 18.2 Å². The molecule has 0 bridgehead atoms. The molecule has 0 aromatic heterocycles. The van der Waals surface area contributed by atoms with Crippen LogP contribution in [0.1, 0.15) is 18.1 Å². The first-order valence-corrected chi connectivity index (χ1v) is 7.34. The van der Waals surface area contributed by atoms with Gasteiger partial charge in [0.05, 0.1) is 0 Å². The van der Waals surface area contributed by atoms with Crippen LogP contribution >= 0.6 is 0 Å². The molecule has 0 atom stereocenters. The second-order valence-corrected chi connectivity index (χ2v) is 5.35. The summed E-state index contributed by atoms with van der Waals surface area (Å²) in [7, 11) is 0. The van der Waals surface area contributed by atoms with E-state index in [4.69, 9.17) is 4.74 Å². The van der Waals surface area contributed by atoms with E-state index in [2.05, 4.69) is 48.8 Å². The lowest BCUT2D eigenvalue weighted by molar-refractivity contribution is 0.120. The number of hydrogen-bond acceptors (Lipinski definition) is 3. The summed E-state index contributed by atoms with van der Waals surface area (Å²) in [6.45, 7) is 14.2. The number of likely N-dealkylation sites (N-methyl/N-ethyl adjacent to an activating group) is 1. The van der Waals surface area contributed by atoms with Crippen LogP contribution in [0.5, 0.6) is 5.75 Å². The fraction of sp³-hybridized carbons (Fsp3) is 0.625. The summed E-state index contributed by atoms with van der Waals surface area (Å²) in [5.74, 6) is 1.06. The second-order valence-electron chi connectivity index (χ2n) is 5.35. The Morgan fingerprint density at radius 2 is 1.58 bits per heavy atom. The van der Waals surface area contributed by atoms with E-state index in [1.54, 1.807) is 0 Å². The van der Waals surface area contributed by atoms with Crippen molar-refractivity contribution in [1.29, 1.82) is 0 Å². The Morgan fingerprint density at radius 3 is 2.16 bits per heavy atom. The lowest BCUT2D eigenvalue weighted by Crippen LogP contribution is -2.47. The Balaban J connectivity index is 1.75. The van der Waals surface area contributed by atoms with Gasteiger partial charge in [0.25, 0.3) is 0 Å². The summed E-state index contributed by atoms with van der Waals surface area (Å²) < 4.78 is 5.97. The topological polar surface area (TPSA) is 15.7 Å². The predicted octanol–water partition coefficient (Wildman–Crippen LogP) is 2.32. The zero-order valence-corrected chi connectivity index (χ0v) is 12.5. The highest BCUT2D eigenvalue weighted by Crippen LogP contribution is 2.22. The molecule has 19 heavy (non-hydrogen) atoms. The van der Waals surface area contributed by atoms with Crippen LogP contribution in [0.4, 0.5) is 0 Å². The first-order valence-electron chi connectivity index (χ1n) is 7.34. The van der Waals surface area contributed by atoms with E-state index in [0.29, 0.717) is 0 Å². The summed E-state index contributed by atoms with van der Waals surface area (Å²) in [4.78, 5) is 5.00. The monoisotopic (exact) mass is 262 g/mol. The minimum absolute atomic E-state index is 0.790. The quantitative estimate of drug-likeness (QED) is 0.810. The van der Waals surface area contributed by atoms with Crippen molar-refractivity contribution in [3.8, 4) is 5.75 Å². The smallest absolute Gasteiger partial charge is 0.125 e. The van der Waals surface area contributed by atoms with E-state index in [-0.39, 0.29) is 0 Å². The first-order chi connectivity index (χ1) is 9.20. The predicted molar refractivity (Wildman–Crippen MR) is 80.0 cm³/mol. The van der Waals surface area contributed by atoms with Crippen molar-refractivity contribution in [3.05, 3.63) is 29.3 Å². The number of rotatable bonds is 5. The molecule has 0 spiro atoms. The van der Waals surface area contributed by atoms with E-state index in [1.165, 1.54) is 43.9 Å². The van der Waals surface area contributed by atoms with Crippen molar-refractivity contribution in [1.82, 2.24) is 9.80 Å². The SMILES string of the molecule is CCN1CCN(CCOc2c(C)cccc2C)CC1. The maximum atomic E-state index is 5.97. The Bertz CT molecular complexity index is 377. The Labute approximate surface area is 117 Å². The van der Waals surface area contributed by atoms with Crippen LogP contribution in [0.25, 0.3) is 0 Å². The molecule has 1 heterocycles. The van der Waals surface area contributed by atoms with Crippen LogP contribution in [-0.2, 0) is 0 Å². The van der Waals surface area contributed by atoms with E-state index in [1.807, 2.05) is 0 Å². The minimum Gasteiger partial charge on any atom is -0.492 e. The fourth-order valence-electron chi connectivity index (χ4n) is 2.63. The van der Waals surface area contributed by atoms with Crippen LogP contribution in [-0.4, -0.2) is 55.7 Å². The fourth-order valence-corrected chi connectivity index (χ4v) is 2.63. The number of aryl methyl sites for hydroxylation is 2. The average molecular weight is 262 g/mol. The molecule has 1 aliphatic heterocycles. The molecule has 1 aliphatic rings. The molecule has 3 nitrogen and oxygen atoms in total. The molecule has 1 saturated heterocycles. The molecule has 3 heteroatoms. The standard InChI is InChI=1S/C16H26N2O/c1-4-17-8-10-18(11-9-17)12-13-19-16-14(2)6-5-7-15(16)3/h5-7H,4,8-13H2,1-3H3. The lowest BCUT2D eigenvalue weighted by atomic mass is 10.1. The number of nitrogens with zero attached hydrogens (tertiary/aromatic N) is 2. The van der Waals surface area contributed by atoms with Gasteiger partial charge in [-0.1, -0.05) is 25.1 Å². The average Bonchev–Trinajstić information content (AvgIpc) is 2.43. The summed E-state index contributed by atoms with van der Waals surface area (Å²) >= 11 is 0. The van der Waals surface area contributed by atoms with E-state index in [0.717, 1.165) is 18.9 Å². The van der Waals surface area contributed by atoms with Crippen molar-refractivity contribution in [2.75, 3.05) is 45.9 Å². The summed E-state index contributed by atoms with van der Waals surface area (Å²) in [6, 6.07) is 6.31. The third kappa shape index (κ3) is 3.95. The van der Waals surface area contributed by atoms with Gasteiger partial charge in [0, 0.05) is 32.7 Å². The molecule has 0 saturated carbocycles. The van der Waals surface area contributed by atoms with Crippen LogP contribution in [0.2, 0.25) is 0 Å². The van der Waals surface area contributed by atoms with Gasteiger partial charge in [0.2, 0.25) is 0 Å². The third-order valence-corrected chi connectivity index (χ3v) is 3.97. The van der Waals surface area contributed by atoms with Gasteiger partial charge in [-0.15, -0.1) is 0 Å². The van der Waals surface area contributed by atoms with E-state index < -0.39 is 0 Å². The zero-order valence-electron chi connectivity index (χ0n) is 12.5. The highest BCUT2D eigenvalue weighted by Gasteiger charge is 2.15. The number of piperazine rings is 1. The Kier molecular flexibility index (Phi) is 5.23. The van der Waals surface area contributed by atoms with Crippen LogP contribution < -0.4 is 4.74 Å². The van der Waals surface area contributed by atoms with E-state index in [9.17, 15) is 0 Å².